The molecule has 0 aliphatic carbocycles. The van der Waals surface area contributed by atoms with Crippen LogP contribution in [0.3, 0.4) is 0 Å². The Morgan fingerprint density at radius 2 is 1.92 bits per heavy atom. The number of aromatic hydroxyl groups is 1. The van der Waals surface area contributed by atoms with Gasteiger partial charge in [-0.1, -0.05) is 46.3 Å². The highest BCUT2D eigenvalue weighted by molar-refractivity contribution is 9.10. The molecule has 5 nitrogen and oxygen atoms in total. The van der Waals surface area contributed by atoms with Gasteiger partial charge in [-0.3, -0.25) is 9.69 Å². The number of amides is 1. The van der Waals surface area contributed by atoms with Gasteiger partial charge in [0.25, 0.3) is 5.91 Å². The molecule has 1 saturated heterocycles. The minimum atomic E-state index is -0.285. The molecule has 0 bridgehead atoms. The SMILES string of the molecule is O=C(NC(CN1CCOCC1)c1ccccc1)c1ccc(Br)cc1O. The summed E-state index contributed by atoms with van der Waals surface area (Å²) in [5.74, 6) is -0.322. The third-order valence-corrected chi connectivity index (χ3v) is 4.75. The van der Waals surface area contributed by atoms with E-state index in [-0.39, 0.29) is 23.3 Å². The van der Waals surface area contributed by atoms with Crippen LogP contribution in [0, 0.1) is 0 Å². The molecule has 0 saturated carbocycles. The highest BCUT2D eigenvalue weighted by Gasteiger charge is 2.21. The van der Waals surface area contributed by atoms with Gasteiger partial charge in [0, 0.05) is 24.1 Å². The van der Waals surface area contributed by atoms with Crippen molar-refractivity contribution in [1.82, 2.24) is 10.2 Å². The number of carbonyl (C=O) groups excluding carboxylic acids is 1. The van der Waals surface area contributed by atoms with Gasteiger partial charge in [0.15, 0.2) is 0 Å². The van der Waals surface area contributed by atoms with Gasteiger partial charge in [-0.25, -0.2) is 0 Å². The van der Waals surface area contributed by atoms with Crippen LogP contribution in [-0.4, -0.2) is 48.8 Å². The number of rotatable bonds is 5. The van der Waals surface area contributed by atoms with Crippen LogP contribution in [-0.2, 0) is 4.74 Å². The molecule has 2 aromatic carbocycles. The number of hydrogen-bond acceptors (Lipinski definition) is 4. The van der Waals surface area contributed by atoms with E-state index >= 15 is 0 Å². The largest absolute Gasteiger partial charge is 0.507 e. The van der Waals surface area contributed by atoms with Crippen LogP contribution >= 0.6 is 15.9 Å². The normalized spacial score (nSPS) is 16.4. The molecule has 1 aliphatic rings. The third kappa shape index (κ3) is 4.81. The van der Waals surface area contributed by atoms with Crippen LogP contribution < -0.4 is 5.32 Å². The number of benzene rings is 2. The molecule has 1 aliphatic heterocycles. The number of nitrogens with zero attached hydrogens (tertiary/aromatic N) is 1. The number of hydrogen-bond donors (Lipinski definition) is 2. The monoisotopic (exact) mass is 404 g/mol. The molecule has 25 heavy (non-hydrogen) atoms. The fraction of sp³-hybridized carbons (Fsp3) is 0.316. The topological polar surface area (TPSA) is 61.8 Å². The molecule has 1 fully saturated rings. The lowest BCUT2D eigenvalue weighted by Crippen LogP contribution is -2.43. The first-order valence-electron chi connectivity index (χ1n) is 8.28. The maximum absolute atomic E-state index is 12.7. The van der Waals surface area contributed by atoms with Crippen molar-refractivity contribution >= 4 is 21.8 Å². The molecule has 0 aromatic heterocycles. The molecule has 3 rings (SSSR count). The number of phenolic OH excluding ortho intramolecular Hbond substituents is 1. The number of carbonyl (C=O) groups is 1. The first kappa shape index (κ1) is 17.9. The molecule has 1 heterocycles. The second-order valence-electron chi connectivity index (χ2n) is 6.01. The fourth-order valence-corrected chi connectivity index (χ4v) is 3.24. The zero-order valence-electron chi connectivity index (χ0n) is 13.8. The van der Waals surface area contributed by atoms with Gasteiger partial charge < -0.3 is 15.2 Å². The minimum Gasteiger partial charge on any atom is -0.507 e. The van der Waals surface area contributed by atoms with E-state index in [0.717, 1.165) is 23.1 Å². The van der Waals surface area contributed by atoms with Crippen molar-refractivity contribution in [2.75, 3.05) is 32.8 Å². The Kier molecular flexibility index (Phi) is 6.07. The summed E-state index contributed by atoms with van der Waals surface area (Å²) in [5, 5.41) is 13.1. The molecule has 0 spiro atoms. The Hall–Kier alpha value is -1.89. The Morgan fingerprint density at radius 1 is 1.20 bits per heavy atom. The molecule has 2 aromatic rings. The predicted octanol–water partition coefficient (Wildman–Crippen LogP) is 2.96. The summed E-state index contributed by atoms with van der Waals surface area (Å²) in [4.78, 5) is 15.0. The van der Waals surface area contributed by atoms with Crippen molar-refractivity contribution in [3.05, 3.63) is 64.1 Å². The minimum absolute atomic E-state index is 0.0370. The Bertz CT molecular complexity index is 718. The van der Waals surface area contributed by atoms with Crippen molar-refractivity contribution in [2.24, 2.45) is 0 Å². The van der Waals surface area contributed by atoms with E-state index in [1.807, 2.05) is 30.3 Å². The summed E-state index contributed by atoms with van der Waals surface area (Å²) in [5.41, 5.74) is 1.31. The van der Waals surface area contributed by atoms with Crippen LogP contribution in [0.1, 0.15) is 22.0 Å². The summed E-state index contributed by atoms with van der Waals surface area (Å²) in [6.07, 6.45) is 0. The van der Waals surface area contributed by atoms with Gasteiger partial charge in [-0.05, 0) is 23.8 Å². The summed E-state index contributed by atoms with van der Waals surface area (Å²) in [7, 11) is 0. The smallest absolute Gasteiger partial charge is 0.255 e. The number of phenols is 1. The second-order valence-corrected chi connectivity index (χ2v) is 6.93. The van der Waals surface area contributed by atoms with Crippen molar-refractivity contribution in [2.45, 2.75) is 6.04 Å². The highest BCUT2D eigenvalue weighted by Crippen LogP contribution is 2.23. The van der Waals surface area contributed by atoms with E-state index in [1.54, 1.807) is 12.1 Å². The van der Waals surface area contributed by atoms with Gasteiger partial charge in [0.05, 0.1) is 24.8 Å². The average Bonchev–Trinajstić information content (AvgIpc) is 2.62. The van der Waals surface area contributed by atoms with Gasteiger partial charge in [-0.15, -0.1) is 0 Å². The lowest BCUT2D eigenvalue weighted by molar-refractivity contribution is 0.0332. The van der Waals surface area contributed by atoms with Crippen molar-refractivity contribution in [3.8, 4) is 5.75 Å². The highest BCUT2D eigenvalue weighted by atomic mass is 79.9. The molecule has 1 unspecified atom stereocenters. The molecular formula is C19H21BrN2O3. The zero-order valence-corrected chi connectivity index (χ0v) is 15.4. The third-order valence-electron chi connectivity index (χ3n) is 4.26. The molecule has 1 amide bonds. The van der Waals surface area contributed by atoms with E-state index < -0.39 is 0 Å². The van der Waals surface area contributed by atoms with Crippen LogP contribution in [0.15, 0.2) is 53.0 Å². The van der Waals surface area contributed by atoms with E-state index in [4.69, 9.17) is 4.74 Å². The number of morpholine rings is 1. The van der Waals surface area contributed by atoms with Crippen LogP contribution in [0.5, 0.6) is 5.75 Å². The van der Waals surface area contributed by atoms with Gasteiger partial charge in [0.2, 0.25) is 0 Å². The number of nitrogens with one attached hydrogen (secondary N) is 1. The van der Waals surface area contributed by atoms with Crippen molar-refractivity contribution in [1.29, 1.82) is 0 Å². The Labute approximate surface area is 155 Å². The van der Waals surface area contributed by atoms with E-state index in [2.05, 4.69) is 26.1 Å². The first-order valence-corrected chi connectivity index (χ1v) is 9.07. The molecule has 6 heteroatoms. The summed E-state index contributed by atoms with van der Waals surface area (Å²) in [6.45, 7) is 3.83. The number of halogens is 1. The van der Waals surface area contributed by atoms with Gasteiger partial charge in [-0.2, -0.15) is 0 Å². The van der Waals surface area contributed by atoms with Crippen molar-refractivity contribution < 1.29 is 14.6 Å². The van der Waals surface area contributed by atoms with E-state index in [9.17, 15) is 9.90 Å². The maximum atomic E-state index is 12.7. The van der Waals surface area contributed by atoms with Crippen LogP contribution in [0.25, 0.3) is 0 Å². The lowest BCUT2D eigenvalue weighted by Gasteiger charge is -2.31. The maximum Gasteiger partial charge on any atom is 0.255 e. The number of ether oxygens (including phenoxy) is 1. The lowest BCUT2D eigenvalue weighted by atomic mass is 10.0. The quantitative estimate of drug-likeness (QED) is 0.803. The molecule has 0 radical (unpaired) electrons. The summed E-state index contributed by atoms with van der Waals surface area (Å²) < 4.78 is 6.13. The van der Waals surface area contributed by atoms with Gasteiger partial charge in [0.1, 0.15) is 5.75 Å². The Morgan fingerprint density at radius 3 is 2.60 bits per heavy atom. The molecule has 1 atom stereocenters. The fourth-order valence-electron chi connectivity index (χ4n) is 2.89. The molecule has 132 valence electrons. The Balaban J connectivity index is 1.77. The van der Waals surface area contributed by atoms with Crippen LogP contribution in [0.2, 0.25) is 0 Å². The van der Waals surface area contributed by atoms with E-state index in [1.165, 1.54) is 6.07 Å². The predicted molar refractivity (Wildman–Crippen MR) is 99.7 cm³/mol. The van der Waals surface area contributed by atoms with Crippen molar-refractivity contribution in [3.63, 3.8) is 0 Å². The molecular weight excluding hydrogens is 384 g/mol. The average molecular weight is 405 g/mol. The first-order chi connectivity index (χ1) is 12.1. The standard InChI is InChI=1S/C19H21BrN2O3/c20-15-6-7-16(18(23)12-15)19(24)21-17(14-4-2-1-3-5-14)13-22-8-10-25-11-9-22/h1-7,12,17,23H,8-11,13H2,(H,21,24). The summed E-state index contributed by atoms with van der Waals surface area (Å²) in [6, 6.07) is 14.6. The second kappa shape index (κ2) is 8.47. The summed E-state index contributed by atoms with van der Waals surface area (Å²) >= 11 is 3.29. The van der Waals surface area contributed by atoms with Crippen LogP contribution in [0.4, 0.5) is 0 Å². The zero-order chi connectivity index (χ0) is 17.6. The van der Waals surface area contributed by atoms with E-state index in [0.29, 0.717) is 19.8 Å². The molecule has 2 N–H and O–H groups in total. The van der Waals surface area contributed by atoms with Gasteiger partial charge >= 0.3 is 0 Å².